The van der Waals surface area contributed by atoms with E-state index in [9.17, 15) is 4.79 Å². The van der Waals surface area contributed by atoms with Gasteiger partial charge in [0.25, 0.3) is 0 Å². The van der Waals surface area contributed by atoms with Crippen molar-refractivity contribution in [3.05, 3.63) is 98.4 Å². The first-order chi connectivity index (χ1) is 17.1. The zero-order chi connectivity index (χ0) is 23.9. The highest BCUT2D eigenvalue weighted by Crippen LogP contribution is 2.40. The van der Waals surface area contributed by atoms with Crippen LogP contribution in [0.2, 0.25) is 5.02 Å². The lowest BCUT2D eigenvalue weighted by molar-refractivity contribution is -0.132. The summed E-state index contributed by atoms with van der Waals surface area (Å²) in [5, 5.41) is 10.5. The van der Waals surface area contributed by atoms with Crippen LogP contribution in [0.25, 0.3) is 5.00 Å². The Labute approximate surface area is 212 Å². The highest BCUT2D eigenvalue weighted by Gasteiger charge is 2.33. The van der Waals surface area contributed by atoms with Gasteiger partial charge >= 0.3 is 0 Å². The lowest BCUT2D eigenvalue weighted by Gasteiger charge is -2.27. The van der Waals surface area contributed by atoms with Crippen molar-refractivity contribution in [2.45, 2.75) is 39.3 Å². The number of hydrogen-bond acceptors (Lipinski definition) is 5. The molecule has 0 fully saturated rings. The monoisotopic (exact) mass is 501 g/mol. The molecule has 176 valence electrons. The Morgan fingerprint density at radius 2 is 1.89 bits per heavy atom. The molecule has 0 saturated carbocycles. The molecule has 6 nitrogen and oxygen atoms in total. The maximum absolute atomic E-state index is 13.1. The van der Waals surface area contributed by atoms with Gasteiger partial charge in [-0.2, -0.15) is 0 Å². The quantitative estimate of drug-likeness (QED) is 0.388. The number of rotatable bonds is 4. The number of fused-ring (bicyclic) bond motifs is 5. The second-order valence-corrected chi connectivity index (χ2v) is 10.4. The highest BCUT2D eigenvalue weighted by molar-refractivity contribution is 7.15. The van der Waals surface area contributed by atoms with Crippen LogP contribution >= 0.6 is 22.9 Å². The van der Waals surface area contributed by atoms with Crippen LogP contribution < -0.4 is 0 Å². The molecule has 2 aromatic carbocycles. The van der Waals surface area contributed by atoms with Crippen molar-refractivity contribution >= 4 is 34.6 Å². The van der Waals surface area contributed by atoms with Crippen molar-refractivity contribution in [2.75, 3.05) is 6.54 Å². The maximum Gasteiger partial charge on any atom is 0.223 e. The second kappa shape index (κ2) is 9.06. The molecule has 0 radical (unpaired) electrons. The molecule has 1 amide bonds. The third-order valence-corrected chi connectivity index (χ3v) is 8.23. The predicted octanol–water partition coefficient (Wildman–Crippen LogP) is 5.16. The van der Waals surface area contributed by atoms with Crippen LogP contribution in [-0.4, -0.2) is 37.8 Å². The number of benzene rings is 2. The molecule has 0 bridgehead atoms. The molecule has 2 aliphatic heterocycles. The van der Waals surface area contributed by atoms with E-state index in [-0.39, 0.29) is 5.91 Å². The summed E-state index contributed by atoms with van der Waals surface area (Å²) in [7, 11) is 0. The number of aliphatic imine (C=N–C) groups is 1. The predicted molar refractivity (Wildman–Crippen MR) is 139 cm³/mol. The first-order valence-corrected chi connectivity index (χ1v) is 13.0. The standard InChI is InChI=1S/C27H24ClN5OS/c1-17-30-31-23-15-29-26(19-9-5-6-10-21(19)28)25-20-13-14-32(16-22(20)35-27(25)33(17)23)24(34)12-11-18-7-3-2-4-8-18/h2-10H,11-16H2,1H3. The number of aryl methyl sites for hydroxylation is 2. The van der Waals surface area contributed by atoms with E-state index in [0.717, 1.165) is 46.3 Å². The fraction of sp³-hybridized carbons (Fsp3) is 0.259. The van der Waals surface area contributed by atoms with Gasteiger partial charge in [0, 0.05) is 34.0 Å². The minimum absolute atomic E-state index is 0.198. The van der Waals surface area contributed by atoms with Gasteiger partial charge in [-0.3, -0.25) is 14.4 Å². The van der Waals surface area contributed by atoms with E-state index >= 15 is 0 Å². The largest absolute Gasteiger partial charge is 0.337 e. The van der Waals surface area contributed by atoms with E-state index in [1.54, 1.807) is 11.3 Å². The minimum atomic E-state index is 0.198. The average Bonchev–Trinajstić information content (AvgIpc) is 3.39. The third kappa shape index (κ3) is 3.98. The van der Waals surface area contributed by atoms with Crippen LogP contribution in [0, 0.1) is 6.92 Å². The third-order valence-electron chi connectivity index (χ3n) is 6.70. The van der Waals surface area contributed by atoms with Gasteiger partial charge < -0.3 is 4.90 Å². The van der Waals surface area contributed by atoms with Crippen LogP contribution in [0.15, 0.2) is 59.6 Å². The smallest absolute Gasteiger partial charge is 0.223 e. The van der Waals surface area contributed by atoms with Crippen molar-refractivity contribution in [1.82, 2.24) is 19.7 Å². The van der Waals surface area contributed by atoms with Crippen LogP contribution in [0.5, 0.6) is 0 Å². The zero-order valence-corrected chi connectivity index (χ0v) is 20.9. The molecule has 0 saturated heterocycles. The van der Waals surface area contributed by atoms with Crippen molar-refractivity contribution in [2.24, 2.45) is 4.99 Å². The Hall–Kier alpha value is -3.29. The molecule has 0 unspecified atom stereocenters. The molecule has 0 N–H and O–H groups in total. The molecule has 8 heteroatoms. The molecule has 2 aromatic heterocycles. The lowest BCUT2D eigenvalue weighted by atomic mass is 9.95. The minimum Gasteiger partial charge on any atom is -0.337 e. The van der Waals surface area contributed by atoms with Crippen molar-refractivity contribution in [3.63, 3.8) is 0 Å². The van der Waals surface area contributed by atoms with Crippen molar-refractivity contribution < 1.29 is 4.79 Å². The SMILES string of the molecule is Cc1nnc2n1-c1sc3c(c1C(c1ccccc1Cl)=NC2)CCN(C(=O)CCc1ccccc1)C3. The Kier molecular flexibility index (Phi) is 5.74. The molecule has 6 rings (SSSR count). The van der Waals surface area contributed by atoms with Gasteiger partial charge in [-0.05, 0) is 37.0 Å². The van der Waals surface area contributed by atoms with Gasteiger partial charge in [0.15, 0.2) is 5.82 Å². The molecule has 4 aromatic rings. The lowest BCUT2D eigenvalue weighted by Crippen LogP contribution is -2.35. The number of carbonyl (C=O) groups excluding carboxylic acids is 1. The van der Waals surface area contributed by atoms with Crippen LogP contribution in [0.4, 0.5) is 0 Å². The molecule has 35 heavy (non-hydrogen) atoms. The van der Waals surface area contributed by atoms with E-state index in [0.29, 0.717) is 31.1 Å². The summed E-state index contributed by atoms with van der Waals surface area (Å²) in [6.07, 6.45) is 2.07. The van der Waals surface area contributed by atoms with Crippen LogP contribution in [0.3, 0.4) is 0 Å². The molecular weight excluding hydrogens is 478 g/mol. The van der Waals surface area contributed by atoms with Gasteiger partial charge in [-0.1, -0.05) is 60.1 Å². The number of nitrogens with zero attached hydrogens (tertiary/aromatic N) is 5. The summed E-state index contributed by atoms with van der Waals surface area (Å²) in [6, 6.07) is 18.0. The summed E-state index contributed by atoms with van der Waals surface area (Å²) in [5.41, 5.74) is 5.39. The first kappa shape index (κ1) is 22.2. The second-order valence-electron chi connectivity index (χ2n) is 8.88. The van der Waals surface area contributed by atoms with Crippen molar-refractivity contribution in [3.8, 4) is 5.00 Å². The summed E-state index contributed by atoms with van der Waals surface area (Å²) in [5.74, 6) is 1.86. The first-order valence-electron chi connectivity index (χ1n) is 11.8. The number of carbonyl (C=O) groups is 1. The van der Waals surface area contributed by atoms with E-state index in [4.69, 9.17) is 16.6 Å². The molecule has 0 spiro atoms. The number of hydrogen-bond donors (Lipinski definition) is 0. The Balaban J connectivity index is 1.36. The normalized spacial score (nSPS) is 14.6. The summed E-state index contributed by atoms with van der Waals surface area (Å²) >= 11 is 8.35. The number of aromatic nitrogens is 3. The van der Waals surface area contributed by atoms with E-state index in [2.05, 4.69) is 26.9 Å². The zero-order valence-electron chi connectivity index (χ0n) is 19.4. The summed E-state index contributed by atoms with van der Waals surface area (Å²) in [4.78, 5) is 21.3. The molecule has 4 heterocycles. The molecular formula is C27H24ClN5OS. The highest BCUT2D eigenvalue weighted by atomic mass is 35.5. The van der Waals surface area contributed by atoms with Gasteiger partial charge in [0.05, 0.1) is 12.3 Å². The molecule has 0 atom stereocenters. The van der Waals surface area contributed by atoms with Gasteiger partial charge in [0.1, 0.15) is 17.4 Å². The van der Waals surface area contributed by atoms with Gasteiger partial charge in [-0.15, -0.1) is 21.5 Å². The number of halogens is 1. The topological polar surface area (TPSA) is 63.4 Å². The maximum atomic E-state index is 13.1. The fourth-order valence-corrected chi connectivity index (χ4v) is 6.59. The van der Waals surface area contributed by atoms with Crippen LogP contribution in [0.1, 0.15) is 45.2 Å². The molecule has 0 aliphatic carbocycles. The van der Waals surface area contributed by atoms with Gasteiger partial charge in [0.2, 0.25) is 5.91 Å². The number of amides is 1. The average molecular weight is 502 g/mol. The Morgan fingerprint density at radius 3 is 2.71 bits per heavy atom. The van der Waals surface area contributed by atoms with Crippen LogP contribution in [-0.2, 0) is 30.7 Å². The fourth-order valence-electron chi connectivity index (χ4n) is 4.93. The van der Waals surface area contributed by atoms with E-state index in [1.807, 2.05) is 54.3 Å². The Bertz CT molecular complexity index is 1460. The van der Waals surface area contributed by atoms with E-state index < -0.39 is 0 Å². The summed E-state index contributed by atoms with van der Waals surface area (Å²) < 4.78 is 2.12. The summed E-state index contributed by atoms with van der Waals surface area (Å²) in [6.45, 7) is 3.74. The molecule has 2 aliphatic rings. The van der Waals surface area contributed by atoms with Crippen molar-refractivity contribution in [1.29, 1.82) is 0 Å². The van der Waals surface area contributed by atoms with E-state index in [1.165, 1.54) is 16.0 Å². The van der Waals surface area contributed by atoms with Gasteiger partial charge in [-0.25, -0.2) is 0 Å². The Morgan fingerprint density at radius 1 is 1.09 bits per heavy atom. The number of thiophene rings is 1.